The molecular formula is C14H11BrF3N. The van der Waals surface area contributed by atoms with E-state index in [0.717, 1.165) is 16.1 Å². The molecule has 0 radical (unpaired) electrons. The maximum absolute atomic E-state index is 13.7. The molecule has 19 heavy (non-hydrogen) atoms. The van der Waals surface area contributed by atoms with E-state index in [1.165, 1.54) is 6.07 Å². The highest BCUT2D eigenvalue weighted by Crippen LogP contribution is 2.29. The van der Waals surface area contributed by atoms with Crippen LogP contribution in [-0.4, -0.2) is 0 Å². The van der Waals surface area contributed by atoms with Crippen molar-refractivity contribution >= 4 is 15.9 Å². The van der Waals surface area contributed by atoms with Crippen LogP contribution in [0.15, 0.2) is 34.8 Å². The van der Waals surface area contributed by atoms with E-state index in [0.29, 0.717) is 5.56 Å². The molecule has 2 N–H and O–H groups in total. The smallest absolute Gasteiger partial charge is 0.194 e. The second kappa shape index (κ2) is 5.35. The first kappa shape index (κ1) is 14.1. The molecular weight excluding hydrogens is 319 g/mol. The minimum atomic E-state index is -1.50. The zero-order valence-corrected chi connectivity index (χ0v) is 11.6. The normalized spacial score (nSPS) is 12.5. The Morgan fingerprint density at radius 1 is 1.00 bits per heavy atom. The van der Waals surface area contributed by atoms with Crippen LogP contribution in [0, 0.1) is 24.4 Å². The molecule has 0 amide bonds. The van der Waals surface area contributed by atoms with Crippen molar-refractivity contribution in [1.82, 2.24) is 0 Å². The molecule has 0 saturated carbocycles. The Hall–Kier alpha value is -1.33. The Bertz CT molecular complexity index is 628. The number of hydrogen-bond acceptors (Lipinski definition) is 1. The molecule has 0 aliphatic heterocycles. The van der Waals surface area contributed by atoms with Crippen LogP contribution in [-0.2, 0) is 0 Å². The Morgan fingerprint density at radius 3 is 2.37 bits per heavy atom. The molecule has 2 rings (SSSR count). The molecule has 0 heterocycles. The van der Waals surface area contributed by atoms with Gasteiger partial charge in [0.2, 0.25) is 0 Å². The van der Waals surface area contributed by atoms with Gasteiger partial charge in [-0.3, -0.25) is 0 Å². The summed E-state index contributed by atoms with van der Waals surface area (Å²) in [5, 5.41) is 0. The van der Waals surface area contributed by atoms with Crippen molar-refractivity contribution < 1.29 is 13.2 Å². The van der Waals surface area contributed by atoms with Crippen LogP contribution in [0.3, 0.4) is 0 Å². The summed E-state index contributed by atoms with van der Waals surface area (Å²) in [6.45, 7) is 1.82. The van der Waals surface area contributed by atoms with E-state index in [1.54, 1.807) is 12.1 Å². The summed E-state index contributed by atoms with van der Waals surface area (Å²) >= 11 is 3.35. The molecule has 0 spiro atoms. The van der Waals surface area contributed by atoms with Crippen LogP contribution < -0.4 is 5.73 Å². The highest BCUT2D eigenvalue weighted by molar-refractivity contribution is 9.10. The van der Waals surface area contributed by atoms with E-state index in [2.05, 4.69) is 15.9 Å². The van der Waals surface area contributed by atoms with Crippen molar-refractivity contribution in [3.63, 3.8) is 0 Å². The van der Waals surface area contributed by atoms with Gasteiger partial charge in [0.1, 0.15) is 0 Å². The van der Waals surface area contributed by atoms with E-state index >= 15 is 0 Å². The van der Waals surface area contributed by atoms with Crippen molar-refractivity contribution in [1.29, 1.82) is 0 Å². The Labute approximate surface area is 117 Å². The molecule has 0 saturated heterocycles. The summed E-state index contributed by atoms with van der Waals surface area (Å²) in [7, 11) is 0. The van der Waals surface area contributed by atoms with E-state index in [-0.39, 0.29) is 5.56 Å². The molecule has 0 fully saturated rings. The molecule has 0 aliphatic carbocycles. The van der Waals surface area contributed by atoms with Gasteiger partial charge in [0, 0.05) is 10.0 Å². The van der Waals surface area contributed by atoms with E-state index < -0.39 is 23.5 Å². The molecule has 0 bridgehead atoms. The summed E-state index contributed by atoms with van der Waals surface area (Å²) in [5.74, 6) is -3.97. The minimum Gasteiger partial charge on any atom is -0.320 e. The summed E-state index contributed by atoms with van der Waals surface area (Å²) in [5.41, 5.74) is 7.37. The van der Waals surface area contributed by atoms with Crippen LogP contribution in [0.25, 0.3) is 0 Å². The van der Waals surface area contributed by atoms with Gasteiger partial charge in [-0.1, -0.05) is 34.1 Å². The lowest BCUT2D eigenvalue weighted by Crippen LogP contribution is -2.16. The van der Waals surface area contributed by atoms with Crippen LogP contribution >= 0.6 is 15.9 Å². The molecule has 1 nitrogen and oxygen atoms in total. The monoisotopic (exact) mass is 329 g/mol. The van der Waals surface area contributed by atoms with Crippen molar-refractivity contribution in [2.75, 3.05) is 0 Å². The second-order valence-corrected chi connectivity index (χ2v) is 5.05. The topological polar surface area (TPSA) is 26.0 Å². The molecule has 2 aromatic rings. The summed E-state index contributed by atoms with van der Waals surface area (Å²) in [4.78, 5) is 0. The third-order valence-electron chi connectivity index (χ3n) is 3.04. The molecule has 2 aromatic carbocycles. The van der Waals surface area contributed by atoms with Gasteiger partial charge in [-0.05, 0) is 30.2 Å². The molecule has 1 unspecified atom stereocenters. The first-order chi connectivity index (χ1) is 8.93. The zero-order valence-electron chi connectivity index (χ0n) is 10.1. The maximum atomic E-state index is 13.7. The first-order valence-electron chi connectivity index (χ1n) is 5.57. The van der Waals surface area contributed by atoms with Crippen LogP contribution in [0.2, 0.25) is 0 Å². The predicted molar refractivity (Wildman–Crippen MR) is 71.2 cm³/mol. The van der Waals surface area contributed by atoms with Crippen molar-refractivity contribution in [3.05, 3.63) is 68.9 Å². The van der Waals surface area contributed by atoms with Gasteiger partial charge in [0.25, 0.3) is 0 Å². The number of halogens is 4. The molecule has 0 aliphatic rings. The fourth-order valence-electron chi connectivity index (χ4n) is 1.91. The average molecular weight is 330 g/mol. The van der Waals surface area contributed by atoms with E-state index in [1.807, 2.05) is 13.0 Å². The summed E-state index contributed by atoms with van der Waals surface area (Å²) in [6, 6.07) is 6.50. The lowest BCUT2D eigenvalue weighted by atomic mass is 9.95. The minimum absolute atomic E-state index is 0.0694. The van der Waals surface area contributed by atoms with Gasteiger partial charge >= 0.3 is 0 Å². The lowest BCUT2D eigenvalue weighted by Gasteiger charge is -2.17. The van der Waals surface area contributed by atoms with Crippen molar-refractivity contribution in [3.8, 4) is 0 Å². The highest BCUT2D eigenvalue weighted by Gasteiger charge is 2.20. The molecule has 5 heteroatoms. The fraction of sp³-hybridized carbons (Fsp3) is 0.143. The zero-order chi connectivity index (χ0) is 14.2. The standard InChI is InChI=1S/C14H11BrF3N/c1-7-8(3-2-4-10(7)15)14(19)9-5-6-11(16)13(18)12(9)17/h2-6,14H,19H2,1H3. The van der Waals surface area contributed by atoms with Gasteiger partial charge in [-0.15, -0.1) is 0 Å². The van der Waals surface area contributed by atoms with Gasteiger partial charge in [0.15, 0.2) is 17.5 Å². The number of benzene rings is 2. The largest absolute Gasteiger partial charge is 0.320 e. The molecule has 100 valence electrons. The number of rotatable bonds is 2. The van der Waals surface area contributed by atoms with Gasteiger partial charge < -0.3 is 5.73 Å². The Balaban J connectivity index is 2.53. The fourth-order valence-corrected chi connectivity index (χ4v) is 2.29. The Morgan fingerprint density at radius 2 is 1.68 bits per heavy atom. The number of hydrogen-bond donors (Lipinski definition) is 1. The quantitative estimate of drug-likeness (QED) is 0.820. The van der Waals surface area contributed by atoms with Crippen LogP contribution in [0.5, 0.6) is 0 Å². The summed E-state index contributed by atoms with van der Waals surface area (Å²) in [6.07, 6.45) is 0. The third kappa shape index (κ3) is 2.53. The van der Waals surface area contributed by atoms with Crippen LogP contribution in [0.1, 0.15) is 22.7 Å². The van der Waals surface area contributed by atoms with Crippen LogP contribution in [0.4, 0.5) is 13.2 Å². The third-order valence-corrected chi connectivity index (χ3v) is 3.90. The van der Waals surface area contributed by atoms with E-state index in [4.69, 9.17) is 5.73 Å². The lowest BCUT2D eigenvalue weighted by molar-refractivity contribution is 0.438. The van der Waals surface area contributed by atoms with Gasteiger partial charge in [-0.2, -0.15) is 0 Å². The highest BCUT2D eigenvalue weighted by atomic mass is 79.9. The molecule has 1 atom stereocenters. The Kier molecular flexibility index (Phi) is 3.96. The molecule has 0 aromatic heterocycles. The first-order valence-corrected chi connectivity index (χ1v) is 6.36. The van der Waals surface area contributed by atoms with E-state index in [9.17, 15) is 13.2 Å². The van der Waals surface area contributed by atoms with Gasteiger partial charge in [0.05, 0.1) is 6.04 Å². The SMILES string of the molecule is Cc1c(Br)cccc1C(N)c1ccc(F)c(F)c1F. The number of nitrogens with two attached hydrogens (primary N) is 1. The second-order valence-electron chi connectivity index (χ2n) is 4.20. The van der Waals surface area contributed by atoms with Crippen molar-refractivity contribution in [2.45, 2.75) is 13.0 Å². The van der Waals surface area contributed by atoms with Crippen molar-refractivity contribution in [2.24, 2.45) is 5.73 Å². The summed E-state index contributed by atoms with van der Waals surface area (Å²) < 4.78 is 40.7. The van der Waals surface area contributed by atoms with Gasteiger partial charge in [-0.25, -0.2) is 13.2 Å². The average Bonchev–Trinajstić information content (AvgIpc) is 2.39. The maximum Gasteiger partial charge on any atom is 0.194 e. The predicted octanol–water partition coefficient (Wildman–Crippen LogP) is 4.22.